The van der Waals surface area contributed by atoms with Gasteiger partial charge in [-0.2, -0.15) is 4.98 Å². The van der Waals surface area contributed by atoms with E-state index in [2.05, 4.69) is 24.7 Å². The molecule has 10 nitrogen and oxygen atoms in total. The number of ether oxygens (including phenoxy) is 3. The minimum atomic E-state index is -4.06. The van der Waals surface area contributed by atoms with E-state index in [0.29, 0.717) is 22.1 Å². The van der Waals surface area contributed by atoms with Gasteiger partial charge in [0.25, 0.3) is 15.9 Å². The van der Waals surface area contributed by atoms with Gasteiger partial charge in [-0.15, -0.1) is 0 Å². The molecule has 0 amide bonds. The van der Waals surface area contributed by atoms with Gasteiger partial charge in [-0.25, -0.2) is 23.4 Å². The predicted octanol–water partition coefficient (Wildman–Crippen LogP) is 4.81. The van der Waals surface area contributed by atoms with Crippen LogP contribution in [0.1, 0.15) is 5.56 Å². The summed E-state index contributed by atoms with van der Waals surface area (Å²) in [5, 5.41) is 1.53. The van der Waals surface area contributed by atoms with E-state index in [1.165, 1.54) is 32.7 Å². The second-order valence-electron chi connectivity index (χ2n) is 7.06. The molecule has 0 aliphatic rings. The first-order chi connectivity index (χ1) is 17.4. The summed E-state index contributed by atoms with van der Waals surface area (Å²) < 4.78 is 45.1. The number of anilines is 1. The second kappa shape index (κ2) is 11.0. The summed E-state index contributed by atoms with van der Waals surface area (Å²) in [5.41, 5.74) is 0.633. The van der Waals surface area contributed by atoms with Gasteiger partial charge in [0.1, 0.15) is 0 Å². The smallest absolute Gasteiger partial charge is 0.263 e. The maximum absolute atomic E-state index is 13.0. The van der Waals surface area contributed by atoms with Crippen molar-refractivity contribution in [3.05, 3.63) is 83.0 Å². The van der Waals surface area contributed by atoms with E-state index in [4.69, 9.17) is 25.8 Å². The van der Waals surface area contributed by atoms with Gasteiger partial charge in [-0.1, -0.05) is 35.9 Å². The Kier molecular flexibility index (Phi) is 7.62. The zero-order valence-electron chi connectivity index (χ0n) is 19.1. The third kappa shape index (κ3) is 6.06. The number of hydrogen-bond donors (Lipinski definition) is 1. The number of methoxy groups -OCH3 is 2. The SMILES string of the molecule is COc1ccccc1Oc1c(NS(=O)(=O)/C=C/c2ccc(Cl)cc2)nc(-c2ncccn2)nc1OC. The molecule has 2 heterocycles. The van der Waals surface area contributed by atoms with E-state index in [0.717, 1.165) is 5.41 Å². The summed E-state index contributed by atoms with van der Waals surface area (Å²) in [5.74, 6) is 0.587. The average Bonchev–Trinajstić information content (AvgIpc) is 2.90. The molecule has 0 bridgehead atoms. The maximum atomic E-state index is 13.0. The van der Waals surface area contributed by atoms with Gasteiger partial charge in [0.05, 0.1) is 19.6 Å². The van der Waals surface area contributed by atoms with Gasteiger partial charge in [-0.3, -0.25) is 4.72 Å². The van der Waals surface area contributed by atoms with Crippen molar-refractivity contribution in [1.29, 1.82) is 0 Å². The molecule has 12 heteroatoms. The van der Waals surface area contributed by atoms with Crippen molar-refractivity contribution in [3.63, 3.8) is 0 Å². The van der Waals surface area contributed by atoms with E-state index in [-0.39, 0.29) is 29.1 Å². The van der Waals surface area contributed by atoms with Gasteiger partial charge >= 0.3 is 0 Å². The molecule has 2 aromatic heterocycles. The number of benzene rings is 2. The van der Waals surface area contributed by atoms with E-state index in [1.807, 2.05) is 0 Å². The molecule has 0 atom stereocenters. The number of sulfonamides is 1. The van der Waals surface area contributed by atoms with Crippen LogP contribution in [-0.4, -0.2) is 42.6 Å². The summed E-state index contributed by atoms with van der Waals surface area (Å²) in [4.78, 5) is 16.9. The zero-order valence-corrected chi connectivity index (χ0v) is 20.7. The van der Waals surface area contributed by atoms with Crippen LogP contribution in [0, 0.1) is 0 Å². The molecule has 4 rings (SSSR count). The quantitative estimate of drug-likeness (QED) is 0.327. The molecule has 184 valence electrons. The molecule has 0 saturated heterocycles. The van der Waals surface area contributed by atoms with Gasteiger partial charge in [0.2, 0.25) is 11.6 Å². The number of para-hydroxylation sites is 2. The van der Waals surface area contributed by atoms with E-state index < -0.39 is 10.0 Å². The number of aromatic nitrogens is 4. The van der Waals surface area contributed by atoms with Crippen molar-refractivity contribution < 1.29 is 22.6 Å². The van der Waals surface area contributed by atoms with E-state index in [9.17, 15) is 8.42 Å². The predicted molar refractivity (Wildman–Crippen MR) is 136 cm³/mol. The van der Waals surface area contributed by atoms with E-state index >= 15 is 0 Å². The number of halogens is 1. The number of nitrogens with one attached hydrogen (secondary N) is 1. The molecule has 0 aliphatic heterocycles. The van der Waals surface area contributed by atoms with Crippen LogP contribution in [0.3, 0.4) is 0 Å². The molecule has 0 aliphatic carbocycles. The Morgan fingerprint density at radius 2 is 1.56 bits per heavy atom. The minimum absolute atomic E-state index is 0.0270. The number of hydrogen-bond acceptors (Lipinski definition) is 9. The van der Waals surface area contributed by atoms with Crippen molar-refractivity contribution in [1.82, 2.24) is 19.9 Å². The monoisotopic (exact) mass is 525 g/mol. The summed E-state index contributed by atoms with van der Waals surface area (Å²) >= 11 is 5.89. The minimum Gasteiger partial charge on any atom is -0.493 e. The molecule has 0 unspecified atom stereocenters. The lowest BCUT2D eigenvalue weighted by molar-refractivity contribution is 0.348. The van der Waals surface area contributed by atoms with Crippen LogP contribution in [0.25, 0.3) is 17.7 Å². The Morgan fingerprint density at radius 1 is 0.861 bits per heavy atom. The third-order valence-corrected chi connectivity index (χ3v) is 5.85. The summed E-state index contributed by atoms with van der Waals surface area (Å²) in [7, 11) is -1.21. The van der Waals surface area contributed by atoms with Gasteiger partial charge in [0.15, 0.2) is 23.1 Å². The van der Waals surface area contributed by atoms with Crippen LogP contribution in [0.4, 0.5) is 5.82 Å². The van der Waals surface area contributed by atoms with Crippen molar-refractivity contribution in [2.75, 3.05) is 18.9 Å². The Hall–Kier alpha value is -4.22. The standard InChI is InChI=1S/C24H20ClN5O5S/c1-33-18-6-3-4-7-19(18)35-20-21(28-23(29-24(20)34-2)22-26-13-5-14-27-22)30-36(31,32)15-12-16-8-10-17(25)11-9-16/h3-15H,1-2H3,(H,28,29,30)/b15-12+. The number of nitrogens with zero attached hydrogens (tertiary/aromatic N) is 4. The molecule has 0 spiro atoms. The van der Waals surface area contributed by atoms with Crippen LogP contribution in [0.15, 0.2) is 72.4 Å². The first-order valence-corrected chi connectivity index (χ1v) is 12.3. The lowest BCUT2D eigenvalue weighted by Gasteiger charge is -2.16. The molecule has 0 saturated carbocycles. The highest BCUT2D eigenvalue weighted by Gasteiger charge is 2.23. The fourth-order valence-corrected chi connectivity index (χ4v) is 3.91. The van der Waals surface area contributed by atoms with E-state index in [1.54, 1.807) is 54.6 Å². The zero-order chi connectivity index (χ0) is 25.5. The Bertz CT molecular complexity index is 1480. The van der Waals surface area contributed by atoms with Gasteiger partial charge < -0.3 is 14.2 Å². The topological polar surface area (TPSA) is 125 Å². The Labute approximate surface area is 212 Å². The Morgan fingerprint density at radius 3 is 2.22 bits per heavy atom. The third-order valence-electron chi connectivity index (χ3n) is 4.62. The molecule has 36 heavy (non-hydrogen) atoms. The van der Waals surface area contributed by atoms with Gasteiger partial charge in [0, 0.05) is 17.4 Å². The highest BCUT2D eigenvalue weighted by molar-refractivity contribution is 7.95. The molecular weight excluding hydrogens is 506 g/mol. The molecule has 0 fully saturated rings. The molecule has 4 aromatic rings. The highest BCUT2D eigenvalue weighted by Crippen LogP contribution is 2.40. The normalized spacial score (nSPS) is 11.3. The fourth-order valence-electron chi connectivity index (χ4n) is 2.97. The summed E-state index contributed by atoms with van der Waals surface area (Å²) in [6, 6.07) is 15.1. The van der Waals surface area contributed by atoms with Crippen LogP contribution in [-0.2, 0) is 10.0 Å². The fraction of sp³-hybridized carbons (Fsp3) is 0.0833. The lowest BCUT2D eigenvalue weighted by atomic mass is 10.2. The molecule has 0 radical (unpaired) electrons. The average molecular weight is 526 g/mol. The first kappa shape index (κ1) is 24.9. The summed E-state index contributed by atoms with van der Waals surface area (Å²) in [6.45, 7) is 0. The molecular formula is C24H20ClN5O5S. The Balaban J connectivity index is 1.78. The maximum Gasteiger partial charge on any atom is 0.263 e. The lowest BCUT2D eigenvalue weighted by Crippen LogP contribution is -2.13. The molecule has 2 aromatic carbocycles. The highest BCUT2D eigenvalue weighted by atomic mass is 35.5. The molecule has 1 N–H and O–H groups in total. The second-order valence-corrected chi connectivity index (χ2v) is 9.06. The van der Waals surface area contributed by atoms with Crippen LogP contribution in [0.2, 0.25) is 5.02 Å². The van der Waals surface area contributed by atoms with Crippen molar-refractivity contribution >= 4 is 33.5 Å². The van der Waals surface area contributed by atoms with Crippen molar-refractivity contribution in [2.45, 2.75) is 0 Å². The van der Waals surface area contributed by atoms with Crippen molar-refractivity contribution in [3.8, 4) is 34.8 Å². The van der Waals surface area contributed by atoms with Crippen LogP contribution < -0.4 is 18.9 Å². The van der Waals surface area contributed by atoms with Crippen LogP contribution in [0.5, 0.6) is 23.1 Å². The summed E-state index contributed by atoms with van der Waals surface area (Å²) in [6.07, 6.45) is 4.44. The van der Waals surface area contributed by atoms with Crippen molar-refractivity contribution in [2.24, 2.45) is 0 Å². The largest absolute Gasteiger partial charge is 0.493 e. The number of rotatable bonds is 9. The van der Waals surface area contributed by atoms with Crippen LogP contribution >= 0.6 is 11.6 Å². The van der Waals surface area contributed by atoms with Gasteiger partial charge in [-0.05, 0) is 42.0 Å². The first-order valence-electron chi connectivity index (χ1n) is 10.4.